The van der Waals surface area contributed by atoms with Crippen LogP contribution < -0.4 is 5.32 Å². The van der Waals surface area contributed by atoms with Crippen molar-refractivity contribution in [3.05, 3.63) is 47.5 Å². The Bertz CT molecular complexity index is 914. The smallest absolute Gasteiger partial charge is 0.256 e. The molecule has 1 aliphatic rings. The third kappa shape index (κ3) is 2.35. The summed E-state index contributed by atoms with van der Waals surface area (Å²) in [7, 11) is 0. The molecule has 122 valence electrons. The number of carbonyl (C=O) groups is 1. The lowest BCUT2D eigenvalue weighted by atomic mass is 10.0. The molecule has 6 nitrogen and oxygen atoms in total. The van der Waals surface area contributed by atoms with Crippen LogP contribution in [-0.4, -0.2) is 25.7 Å². The molecule has 0 unspecified atom stereocenters. The van der Waals surface area contributed by atoms with Gasteiger partial charge in [0.05, 0.1) is 17.1 Å². The van der Waals surface area contributed by atoms with Gasteiger partial charge < -0.3 is 5.32 Å². The highest BCUT2D eigenvalue weighted by molar-refractivity contribution is 6.13. The minimum absolute atomic E-state index is 0.102. The van der Waals surface area contributed by atoms with Crippen LogP contribution >= 0.6 is 0 Å². The van der Waals surface area contributed by atoms with Gasteiger partial charge in [-0.3, -0.25) is 9.78 Å². The molecule has 0 spiro atoms. The minimum atomic E-state index is -0.102. The van der Waals surface area contributed by atoms with Crippen molar-refractivity contribution in [2.45, 2.75) is 39.2 Å². The molecule has 0 aliphatic heterocycles. The Balaban J connectivity index is 1.86. The van der Waals surface area contributed by atoms with Gasteiger partial charge in [-0.1, -0.05) is 0 Å². The quantitative estimate of drug-likeness (QED) is 0.804. The molecule has 0 atom stereocenters. The van der Waals surface area contributed by atoms with Gasteiger partial charge in [0.1, 0.15) is 0 Å². The lowest BCUT2D eigenvalue weighted by Gasteiger charge is -2.12. The number of carbonyl (C=O) groups excluding carboxylic acids is 1. The van der Waals surface area contributed by atoms with E-state index in [1.165, 1.54) is 0 Å². The topological polar surface area (TPSA) is 72.7 Å². The number of pyridine rings is 2. The van der Waals surface area contributed by atoms with Crippen LogP contribution in [-0.2, 0) is 12.8 Å². The normalized spacial score (nSPS) is 13.5. The number of aryl methyl sites for hydroxylation is 1. The van der Waals surface area contributed by atoms with Crippen LogP contribution in [0.4, 0.5) is 5.69 Å². The highest BCUT2D eigenvalue weighted by atomic mass is 16.1. The molecule has 1 amide bonds. The van der Waals surface area contributed by atoms with E-state index in [0.29, 0.717) is 0 Å². The molecule has 1 N–H and O–H groups in total. The SMILES string of the molecule is CC(C)n1ncc2c(C(=O)Nc3ccncc3)c3c(nc21)CCC3. The van der Waals surface area contributed by atoms with Gasteiger partial charge in [0.2, 0.25) is 0 Å². The maximum absolute atomic E-state index is 13.0. The first-order chi connectivity index (χ1) is 11.6. The monoisotopic (exact) mass is 321 g/mol. The van der Waals surface area contributed by atoms with E-state index in [4.69, 9.17) is 4.98 Å². The molecule has 0 bridgehead atoms. The van der Waals surface area contributed by atoms with Crippen LogP contribution in [0, 0.1) is 0 Å². The number of amides is 1. The molecule has 0 radical (unpaired) electrons. The molecule has 0 aromatic carbocycles. The Morgan fingerprint density at radius 3 is 2.79 bits per heavy atom. The highest BCUT2D eigenvalue weighted by Gasteiger charge is 2.26. The van der Waals surface area contributed by atoms with Gasteiger partial charge in [0.25, 0.3) is 5.91 Å². The van der Waals surface area contributed by atoms with Crippen molar-refractivity contribution in [2.75, 3.05) is 5.32 Å². The average Bonchev–Trinajstić information content (AvgIpc) is 3.19. The fourth-order valence-electron chi connectivity index (χ4n) is 3.32. The third-order valence-corrected chi connectivity index (χ3v) is 4.42. The molecular weight excluding hydrogens is 302 g/mol. The second kappa shape index (κ2) is 5.70. The van der Waals surface area contributed by atoms with Gasteiger partial charge in [0, 0.05) is 29.8 Å². The molecule has 1 aliphatic carbocycles. The van der Waals surface area contributed by atoms with Crippen molar-refractivity contribution in [3.63, 3.8) is 0 Å². The number of rotatable bonds is 3. The Morgan fingerprint density at radius 1 is 1.25 bits per heavy atom. The number of aromatic nitrogens is 4. The molecule has 3 heterocycles. The zero-order valence-corrected chi connectivity index (χ0v) is 13.8. The third-order valence-electron chi connectivity index (χ3n) is 4.42. The van der Waals surface area contributed by atoms with Crippen LogP contribution in [0.1, 0.15) is 47.9 Å². The molecular formula is C18H19N5O. The molecule has 0 saturated carbocycles. The largest absolute Gasteiger partial charge is 0.322 e. The zero-order chi connectivity index (χ0) is 16.7. The second-order valence-electron chi connectivity index (χ2n) is 6.38. The Hall–Kier alpha value is -2.76. The summed E-state index contributed by atoms with van der Waals surface area (Å²) in [5, 5.41) is 8.25. The number of hydrogen-bond acceptors (Lipinski definition) is 4. The lowest BCUT2D eigenvalue weighted by Crippen LogP contribution is -2.16. The number of fused-ring (bicyclic) bond motifs is 2. The van der Waals surface area contributed by atoms with E-state index in [-0.39, 0.29) is 11.9 Å². The van der Waals surface area contributed by atoms with Crippen molar-refractivity contribution >= 4 is 22.6 Å². The summed E-state index contributed by atoms with van der Waals surface area (Å²) >= 11 is 0. The summed E-state index contributed by atoms with van der Waals surface area (Å²) in [6, 6.07) is 3.77. The first kappa shape index (κ1) is 14.8. The summed E-state index contributed by atoms with van der Waals surface area (Å²) in [6.45, 7) is 4.14. The molecule has 3 aromatic heterocycles. The van der Waals surface area contributed by atoms with E-state index in [0.717, 1.165) is 52.8 Å². The Labute approximate surface area is 139 Å². The maximum atomic E-state index is 13.0. The van der Waals surface area contributed by atoms with Crippen molar-refractivity contribution in [2.24, 2.45) is 0 Å². The molecule has 3 aromatic rings. The van der Waals surface area contributed by atoms with E-state index in [9.17, 15) is 4.79 Å². The Kier molecular flexibility index (Phi) is 3.52. The Morgan fingerprint density at radius 2 is 2.04 bits per heavy atom. The summed E-state index contributed by atoms with van der Waals surface area (Å²) in [5.74, 6) is -0.102. The highest BCUT2D eigenvalue weighted by Crippen LogP contribution is 2.31. The van der Waals surface area contributed by atoms with Crippen LogP contribution in [0.15, 0.2) is 30.7 Å². The molecule has 0 fully saturated rings. The number of nitrogens with zero attached hydrogens (tertiary/aromatic N) is 4. The summed E-state index contributed by atoms with van der Waals surface area (Å²) in [6.07, 6.45) is 7.95. The van der Waals surface area contributed by atoms with E-state index >= 15 is 0 Å². The fourth-order valence-corrected chi connectivity index (χ4v) is 3.32. The standard InChI is InChI=1S/C18H19N5O/c1-11(2)23-17-14(10-20-23)16(13-4-3-5-15(13)22-17)18(24)21-12-6-8-19-9-7-12/h6-11H,3-5H2,1-2H3,(H,19,21,24). The minimum Gasteiger partial charge on any atom is -0.322 e. The molecule has 24 heavy (non-hydrogen) atoms. The van der Waals surface area contributed by atoms with Gasteiger partial charge in [-0.15, -0.1) is 0 Å². The van der Waals surface area contributed by atoms with E-state index in [1.807, 2.05) is 4.68 Å². The maximum Gasteiger partial charge on any atom is 0.256 e. The summed E-state index contributed by atoms with van der Waals surface area (Å²) in [5.41, 5.74) is 4.35. The van der Waals surface area contributed by atoms with Crippen molar-refractivity contribution in [1.82, 2.24) is 19.7 Å². The van der Waals surface area contributed by atoms with Crippen LogP contribution in [0.5, 0.6) is 0 Å². The van der Waals surface area contributed by atoms with E-state index in [2.05, 4.69) is 29.2 Å². The first-order valence-electron chi connectivity index (χ1n) is 8.25. The lowest BCUT2D eigenvalue weighted by molar-refractivity contribution is 0.102. The fraction of sp³-hybridized carbons (Fsp3) is 0.333. The van der Waals surface area contributed by atoms with Crippen LogP contribution in [0.2, 0.25) is 0 Å². The number of anilines is 1. The van der Waals surface area contributed by atoms with Crippen molar-refractivity contribution in [1.29, 1.82) is 0 Å². The molecule has 4 rings (SSSR count). The van der Waals surface area contributed by atoms with Gasteiger partial charge in [-0.2, -0.15) is 5.10 Å². The van der Waals surface area contributed by atoms with Gasteiger partial charge in [-0.05, 0) is 50.8 Å². The van der Waals surface area contributed by atoms with E-state index in [1.54, 1.807) is 30.7 Å². The van der Waals surface area contributed by atoms with Crippen LogP contribution in [0.25, 0.3) is 11.0 Å². The van der Waals surface area contributed by atoms with Crippen molar-refractivity contribution in [3.8, 4) is 0 Å². The van der Waals surface area contributed by atoms with Crippen LogP contribution in [0.3, 0.4) is 0 Å². The predicted molar refractivity (Wildman–Crippen MR) is 92.1 cm³/mol. The van der Waals surface area contributed by atoms with Gasteiger partial charge in [0.15, 0.2) is 5.65 Å². The zero-order valence-electron chi connectivity index (χ0n) is 13.8. The average molecular weight is 321 g/mol. The summed E-state index contributed by atoms with van der Waals surface area (Å²) in [4.78, 5) is 21.7. The number of hydrogen-bond donors (Lipinski definition) is 1. The first-order valence-corrected chi connectivity index (χ1v) is 8.25. The molecule has 6 heteroatoms. The summed E-state index contributed by atoms with van der Waals surface area (Å²) < 4.78 is 1.89. The predicted octanol–water partition coefficient (Wildman–Crippen LogP) is 3.15. The molecule has 0 saturated heterocycles. The van der Waals surface area contributed by atoms with Crippen molar-refractivity contribution < 1.29 is 4.79 Å². The van der Waals surface area contributed by atoms with E-state index < -0.39 is 0 Å². The number of nitrogens with one attached hydrogen (secondary N) is 1. The van der Waals surface area contributed by atoms with Gasteiger partial charge >= 0.3 is 0 Å². The van der Waals surface area contributed by atoms with Gasteiger partial charge in [-0.25, -0.2) is 9.67 Å². The second-order valence-corrected chi connectivity index (χ2v) is 6.38.